The van der Waals surface area contributed by atoms with E-state index in [1.165, 1.54) is 56.0 Å². The second-order valence-corrected chi connectivity index (χ2v) is 5.15. The number of hydrogen-bond acceptors (Lipinski definition) is 2. The molecule has 0 saturated carbocycles. The van der Waals surface area contributed by atoms with Gasteiger partial charge in [0, 0.05) is 38.1 Å². The third kappa shape index (κ3) is 3.11. The van der Waals surface area contributed by atoms with Crippen molar-refractivity contribution in [1.29, 1.82) is 0 Å². The molecular weight excluding hydrogens is 210 g/mol. The maximum atomic E-state index is 3.45. The minimum absolute atomic E-state index is 1.15. The van der Waals surface area contributed by atoms with E-state index in [0.29, 0.717) is 0 Å². The monoisotopic (exact) mass is 235 g/mol. The Balaban J connectivity index is 1.90. The Morgan fingerprint density at radius 1 is 1.24 bits per heavy atom. The minimum atomic E-state index is 1.15. The summed E-state index contributed by atoms with van der Waals surface area (Å²) < 4.78 is 2.29. The van der Waals surface area contributed by atoms with Crippen LogP contribution in [0.2, 0.25) is 0 Å². The van der Waals surface area contributed by atoms with Crippen LogP contribution in [0.3, 0.4) is 0 Å². The summed E-state index contributed by atoms with van der Waals surface area (Å²) in [6.45, 7) is 10.4. The van der Waals surface area contributed by atoms with E-state index in [2.05, 4.69) is 41.7 Å². The summed E-state index contributed by atoms with van der Waals surface area (Å²) in [5.74, 6) is 0. The molecule has 0 spiro atoms. The lowest BCUT2D eigenvalue weighted by atomic mass is 10.1. The highest BCUT2D eigenvalue weighted by atomic mass is 15.1. The smallest absolute Gasteiger partial charge is 0.0175 e. The Kier molecular flexibility index (Phi) is 4.24. The lowest BCUT2D eigenvalue weighted by Crippen LogP contribution is -2.30. The normalized spacial score (nSPS) is 18.3. The first-order valence-corrected chi connectivity index (χ1v) is 6.73. The van der Waals surface area contributed by atoms with Gasteiger partial charge in [-0.25, -0.2) is 0 Å². The van der Waals surface area contributed by atoms with Gasteiger partial charge < -0.3 is 14.8 Å². The van der Waals surface area contributed by atoms with Crippen molar-refractivity contribution in [2.75, 3.05) is 32.7 Å². The van der Waals surface area contributed by atoms with Gasteiger partial charge in [-0.15, -0.1) is 0 Å². The Hall–Kier alpha value is -0.800. The standard InChI is InChI=1S/C14H25N3/c1-12-11-14(13(2)16(12)3)5-9-17-8-4-6-15-7-10-17/h11,15H,4-10H2,1-3H3. The SMILES string of the molecule is Cc1cc(CCN2CCCNCC2)c(C)n1C. The van der Waals surface area contributed by atoms with Crippen LogP contribution in [0.1, 0.15) is 23.4 Å². The summed E-state index contributed by atoms with van der Waals surface area (Å²) in [6.07, 6.45) is 2.47. The molecule has 1 aliphatic heterocycles. The van der Waals surface area contributed by atoms with Crippen LogP contribution in [-0.4, -0.2) is 42.2 Å². The topological polar surface area (TPSA) is 20.2 Å². The third-order valence-corrected chi connectivity index (χ3v) is 4.01. The van der Waals surface area contributed by atoms with Crippen molar-refractivity contribution in [1.82, 2.24) is 14.8 Å². The first kappa shape index (κ1) is 12.7. The van der Waals surface area contributed by atoms with Crippen LogP contribution in [0.15, 0.2) is 6.07 Å². The number of aromatic nitrogens is 1. The molecule has 1 fully saturated rings. The van der Waals surface area contributed by atoms with Crippen molar-refractivity contribution in [2.45, 2.75) is 26.7 Å². The lowest BCUT2D eigenvalue weighted by molar-refractivity contribution is 0.296. The number of nitrogens with zero attached hydrogens (tertiary/aromatic N) is 2. The minimum Gasteiger partial charge on any atom is -0.352 e. The molecule has 0 bridgehead atoms. The zero-order valence-corrected chi connectivity index (χ0v) is 11.4. The van der Waals surface area contributed by atoms with E-state index in [0.717, 1.165) is 6.54 Å². The summed E-state index contributed by atoms with van der Waals surface area (Å²) >= 11 is 0. The zero-order chi connectivity index (χ0) is 12.3. The van der Waals surface area contributed by atoms with Gasteiger partial charge in [0.15, 0.2) is 0 Å². The van der Waals surface area contributed by atoms with Crippen LogP contribution in [0.4, 0.5) is 0 Å². The fourth-order valence-electron chi connectivity index (χ4n) is 2.59. The Bertz CT molecular complexity index is 360. The highest BCUT2D eigenvalue weighted by Crippen LogP contribution is 2.14. The average Bonchev–Trinajstić information content (AvgIpc) is 2.56. The Morgan fingerprint density at radius 2 is 2.06 bits per heavy atom. The first-order chi connectivity index (χ1) is 8.18. The molecule has 2 heterocycles. The molecule has 17 heavy (non-hydrogen) atoms. The van der Waals surface area contributed by atoms with E-state index >= 15 is 0 Å². The van der Waals surface area contributed by atoms with Crippen molar-refractivity contribution < 1.29 is 0 Å². The second kappa shape index (κ2) is 5.69. The largest absolute Gasteiger partial charge is 0.352 e. The van der Waals surface area contributed by atoms with Gasteiger partial charge in [-0.1, -0.05) is 0 Å². The summed E-state index contributed by atoms with van der Waals surface area (Å²) in [5, 5.41) is 3.45. The maximum Gasteiger partial charge on any atom is 0.0175 e. The molecule has 3 heteroatoms. The third-order valence-electron chi connectivity index (χ3n) is 4.01. The van der Waals surface area contributed by atoms with Crippen LogP contribution in [0, 0.1) is 13.8 Å². The van der Waals surface area contributed by atoms with Crippen molar-refractivity contribution in [3.8, 4) is 0 Å². The molecule has 1 aliphatic rings. The fraction of sp³-hybridized carbons (Fsp3) is 0.714. The number of hydrogen-bond donors (Lipinski definition) is 1. The Labute approximate surface area is 105 Å². The summed E-state index contributed by atoms with van der Waals surface area (Å²) in [7, 11) is 2.16. The molecule has 1 saturated heterocycles. The van der Waals surface area contributed by atoms with E-state index < -0.39 is 0 Å². The number of nitrogens with one attached hydrogen (secondary N) is 1. The summed E-state index contributed by atoms with van der Waals surface area (Å²) in [5.41, 5.74) is 4.31. The van der Waals surface area contributed by atoms with Gasteiger partial charge in [0.1, 0.15) is 0 Å². The van der Waals surface area contributed by atoms with Crippen LogP contribution >= 0.6 is 0 Å². The lowest BCUT2D eigenvalue weighted by Gasteiger charge is -2.19. The molecule has 1 aromatic rings. The van der Waals surface area contributed by atoms with Crippen LogP contribution in [0.5, 0.6) is 0 Å². The van der Waals surface area contributed by atoms with Crippen molar-refractivity contribution >= 4 is 0 Å². The molecule has 0 amide bonds. The average molecular weight is 235 g/mol. The Morgan fingerprint density at radius 3 is 2.76 bits per heavy atom. The van der Waals surface area contributed by atoms with Crippen LogP contribution < -0.4 is 5.32 Å². The highest BCUT2D eigenvalue weighted by molar-refractivity contribution is 5.26. The van der Waals surface area contributed by atoms with Crippen molar-refractivity contribution in [3.05, 3.63) is 23.0 Å². The van der Waals surface area contributed by atoms with E-state index in [4.69, 9.17) is 0 Å². The molecule has 2 rings (SSSR count). The van der Waals surface area contributed by atoms with E-state index in [1.807, 2.05) is 0 Å². The zero-order valence-electron chi connectivity index (χ0n) is 11.4. The molecule has 0 aromatic carbocycles. The first-order valence-electron chi connectivity index (χ1n) is 6.73. The fourth-order valence-corrected chi connectivity index (χ4v) is 2.59. The van der Waals surface area contributed by atoms with E-state index in [1.54, 1.807) is 0 Å². The van der Waals surface area contributed by atoms with Gasteiger partial charge in [0.2, 0.25) is 0 Å². The van der Waals surface area contributed by atoms with Gasteiger partial charge in [0.05, 0.1) is 0 Å². The van der Waals surface area contributed by atoms with Crippen molar-refractivity contribution in [3.63, 3.8) is 0 Å². The van der Waals surface area contributed by atoms with Gasteiger partial charge >= 0.3 is 0 Å². The quantitative estimate of drug-likeness (QED) is 0.856. The number of rotatable bonds is 3. The van der Waals surface area contributed by atoms with Crippen LogP contribution in [-0.2, 0) is 13.5 Å². The molecular formula is C14H25N3. The van der Waals surface area contributed by atoms with Gasteiger partial charge in [-0.2, -0.15) is 0 Å². The maximum absolute atomic E-state index is 3.45. The molecule has 0 aliphatic carbocycles. The second-order valence-electron chi connectivity index (χ2n) is 5.15. The summed E-state index contributed by atoms with van der Waals surface area (Å²) in [4.78, 5) is 2.59. The van der Waals surface area contributed by atoms with E-state index in [-0.39, 0.29) is 0 Å². The van der Waals surface area contributed by atoms with E-state index in [9.17, 15) is 0 Å². The summed E-state index contributed by atoms with van der Waals surface area (Å²) in [6, 6.07) is 2.34. The van der Waals surface area contributed by atoms with Crippen molar-refractivity contribution in [2.24, 2.45) is 7.05 Å². The molecule has 1 N–H and O–H groups in total. The molecule has 3 nitrogen and oxygen atoms in total. The molecule has 1 aromatic heterocycles. The van der Waals surface area contributed by atoms with Gasteiger partial charge in [-0.05, 0) is 51.4 Å². The molecule has 0 radical (unpaired) electrons. The molecule has 0 unspecified atom stereocenters. The van der Waals surface area contributed by atoms with Crippen LogP contribution in [0.25, 0.3) is 0 Å². The predicted molar refractivity (Wildman–Crippen MR) is 72.5 cm³/mol. The molecule has 96 valence electrons. The van der Waals surface area contributed by atoms with Gasteiger partial charge in [-0.3, -0.25) is 0 Å². The van der Waals surface area contributed by atoms with Gasteiger partial charge in [0.25, 0.3) is 0 Å². The highest BCUT2D eigenvalue weighted by Gasteiger charge is 2.10. The molecule has 0 atom stereocenters. The number of aryl methyl sites for hydroxylation is 1. The predicted octanol–water partition coefficient (Wildman–Crippen LogP) is 1.48.